The van der Waals surface area contributed by atoms with Crippen molar-refractivity contribution in [1.82, 2.24) is 15.0 Å². The maximum Gasteiger partial charge on any atom is 0.165 e. The molecule has 2 heterocycles. The highest BCUT2D eigenvalue weighted by atomic mass is 32.1. The summed E-state index contributed by atoms with van der Waals surface area (Å²) in [6.45, 7) is 0.703. The molecule has 0 amide bonds. The van der Waals surface area contributed by atoms with Crippen LogP contribution in [0.25, 0.3) is 0 Å². The van der Waals surface area contributed by atoms with E-state index in [1.54, 1.807) is 22.3 Å². The predicted octanol–water partition coefficient (Wildman–Crippen LogP) is 0.970. The molecule has 0 saturated heterocycles. The molecular formula is C7H8N4S. The van der Waals surface area contributed by atoms with E-state index in [9.17, 15) is 0 Å². The van der Waals surface area contributed by atoms with Gasteiger partial charge in [-0.05, 0) is 11.4 Å². The van der Waals surface area contributed by atoms with Crippen LogP contribution in [0.15, 0.2) is 23.7 Å². The van der Waals surface area contributed by atoms with Gasteiger partial charge in [-0.3, -0.25) is 0 Å². The van der Waals surface area contributed by atoms with Crippen molar-refractivity contribution in [3.8, 4) is 0 Å². The standard InChI is InChI=1S/C7H8N4S/c8-7-4-9-11(10-7)5-6-2-1-3-12-6/h1-4H,5H2,(H2,8,10). The summed E-state index contributed by atoms with van der Waals surface area (Å²) < 4.78 is 0. The lowest BCUT2D eigenvalue weighted by molar-refractivity contribution is 0.598. The van der Waals surface area contributed by atoms with E-state index in [1.165, 1.54) is 4.88 Å². The number of nitrogens with zero attached hydrogens (tertiary/aromatic N) is 3. The third-order valence-electron chi connectivity index (χ3n) is 1.43. The number of anilines is 1. The van der Waals surface area contributed by atoms with Crippen LogP contribution in [-0.2, 0) is 6.54 Å². The summed E-state index contributed by atoms with van der Waals surface area (Å²) in [6.07, 6.45) is 1.55. The molecule has 2 N–H and O–H groups in total. The largest absolute Gasteiger partial charge is 0.381 e. The highest BCUT2D eigenvalue weighted by Gasteiger charge is 1.98. The number of nitrogens with two attached hydrogens (primary N) is 1. The molecule has 0 unspecified atom stereocenters. The first kappa shape index (κ1) is 7.30. The summed E-state index contributed by atoms with van der Waals surface area (Å²) in [6, 6.07) is 4.05. The zero-order valence-electron chi connectivity index (χ0n) is 6.34. The molecule has 4 nitrogen and oxygen atoms in total. The number of hydrogen-bond donors (Lipinski definition) is 1. The van der Waals surface area contributed by atoms with Crippen LogP contribution in [0.3, 0.4) is 0 Å². The monoisotopic (exact) mass is 180 g/mol. The number of hydrogen-bond acceptors (Lipinski definition) is 4. The van der Waals surface area contributed by atoms with Crippen LogP contribution in [0, 0.1) is 0 Å². The SMILES string of the molecule is Nc1cnn(Cc2cccs2)n1. The molecule has 0 atom stereocenters. The molecule has 0 saturated carbocycles. The minimum absolute atomic E-state index is 0.464. The van der Waals surface area contributed by atoms with Gasteiger partial charge in [0, 0.05) is 4.88 Å². The summed E-state index contributed by atoms with van der Waals surface area (Å²) in [7, 11) is 0. The van der Waals surface area contributed by atoms with Gasteiger partial charge in [0.2, 0.25) is 0 Å². The second kappa shape index (κ2) is 2.94. The van der Waals surface area contributed by atoms with Gasteiger partial charge in [-0.2, -0.15) is 9.90 Å². The van der Waals surface area contributed by atoms with Crippen LogP contribution in [0.5, 0.6) is 0 Å². The second-order valence-corrected chi connectivity index (χ2v) is 3.41. The summed E-state index contributed by atoms with van der Waals surface area (Å²) in [4.78, 5) is 2.81. The van der Waals surface area contributed by atoms with E-state index >= 15 is 0 Å². The van der Waals surface area contributed by atoms with E-state index in [1.807, 2.05) is 17.5 Å². The number of aromatic nitrogens is 3. The third kappa shape index (κ3) is 1.45. The maximum atomic E-state index is 5.42. The van der Waals surface area contributed by atoms with Gasteiger partial charge in [-0.1, -0.05) is 6.07 Å². The molecule has 2 rings (SSSR count). The Morgan fingerprint density at radius 1 is 1.58 bits per heavy atom. The van der Waals surface area contributed by atoms with Crippen molar-refractivity contribution in [2.45, 2.75) is 6.54 Å². The minimum atomic E-state index is 0.464. The Bertz CT molecular complexity index is 351. The molecule has 5 heteroatoms. The van der Waals surface area contributed by atoms with Crippen LogP contribution in [0.2, 0.25) is 0 Å². The molecule has 0 aliphatic carbocycles. The van der Waals surface area contributed by atoms with Crippen molar-refractivity contribution in [3.05, 3.63) is 28.6 Å². The van der Waals surface area contributed by atoms with Gasteiger partial charge in [0.15, 0.2) is 5.82 Å². The molecule has 0 spiro atoms. The highest BCUT2D eigenvalue weighted by Crippen LogP contribution is 2.09. The van der Waals surface area contributed by atoms with Gasteiger partial charge < -0.3 is 5.73 Å². The van der Waals surface area contributed by atoms with E-state index in [-0.39, 0.29) is 0 Å². The Balaban J connectivity index is 2.14. The molecule has 0 aliphatic heterocycles. The van der Waals surface area contributed by atoms with E-state index in [0.717, 1.165) is 0 Å². The quantitative estimate of drug-likeness (QED) is 0.749. The molecule has 62 valence electrons. The minimum Gasteiger partial charge on any atom is -0.381 e. The van der Waals surface area contributed by atoms with Crippen molar-refractivity contribution < 1.29 is 0 Å². The number of rotatable bonds is 2. The zero-order chi connectivity index (χ0) is 8.39. The van der Waals surface area contributed by atoms with Crippen LogP contribution in [0.4, 0.5) is 5.82 Å². The molecule has 0 aliphatic rings. The number of nitrogen functional groups attached to an aromatic ring is 1. The molecule has 0 radical (unpaired) electrons. The smallest absolute Gasteiger partial charge is 0.165 e. The topological polar surface area (TPSA) is 56.7 Å². The third-order valence-corrected chi connectivity index (χ3v) is 2.29. The van der Waals surface area contributed by atoms with Crippen molar-refractivity contribution in [1.29, 1.82) is 0 Å². The fourth-order valence-electron chi connectivity index (χ4n) is 0.929. The van der Waals surface area contributed by atoms with Crippen molar-refractivity contribution in [2.24, 2.45) is 0 Å². The van der Waals surface area contributed by atoms with Gasteiger partial charge in [-0.25, -0.2) is 0 Å². The summed E-state index contributed by atoms with van der Waals surface area (Å²) in [5.41, 5.74) is 5.42. The normalized spacial score (nSPS) is 10.3. The molecule has 2 aromatic rings. The van der Waals surface area contributed by atoms with Crippen LogP contribution >= 0.6 is 11.3 Å². The lowest BCUT2D eigenvalue weighted by Gasteiger charge is -1.93. The zero-order valence-corrected chi connectivity index (χ0v) is 7.16. The van der Waals surface area contributed by atoms with E-state index in [2.05, 4.69) is 10.2 Å². The first-order valence-electron chi connectivity index (χ1n) is 3.52. The van der Waals surface area contributed by atoms with Gasteiger partial charge in [0.25, 0.3) is 0 Å². The molecule has 12 heavy (non-hydrogen) atoms. The maximum absolute atomic E-state index is 5.42. The predicted molar refractivity (Wildman–Crippen MR) is 47.9 cm³/mol. The van der Waals surface area contributed by atoms with Gasteiger partial charge in [0.05, 0.1) is 12.7 Å². The Kier molecular flexibility index (Phi) is 1.79. The fourth-order valence-corrected chi connectivity index (χ4v) is 1.61. The van der Waals surface area contributed by atoms with Gasteiger partial charge >= 0.3 is 0 Å². The Morgan fingerprint density at radius 2 is 2.50 bits per heavy atom. The summed E-state index contributed by atoms with van der Waals surface area (Å²) >= 11 is 1.69. The fraction of sp³-hybridized carbons (Fsp3) is 0.143. The van der Waals surface area contributed by atoms with Gasteiger partial charge in [0.1, 0.15) is 0 Å². The lowest BCUT2D eigenvalue weighted by atomic mass is 10.5. The number of thiophene rings is 1. The van der Waals surface area contributed by atoms with E-state index in [4.69, 9.17) is 5.73 Å². The Labute approximate surface area is 73.6 Å². The molecule has 0 fully saturated rings. The first-order valence-corrected chi connectivity index (χ1v) is 4.40. The lowest BCUT2D eigenvalue weighted by Crippen LogP contribution is -2.02. The van der Waals surface area contributed by atoms with Crippen LogP contribution in [0.1, 0.15) is 4.88 Å². The molecule has 0 bridgehead atoms. The average molecular weight is 180 g/mol. The molecule has 2 aromatic heterocycles. The van der Waals surface area contributed by atoms with Crippen molar-refractivity contribution in [3.63, 3.8) is 0 Å². The molecular weight excluding hydrogens is 172 g/mol. The van der Waals surface area contributed by atoms with Gasteiger partial charge in [-0.15, -0.1) is 16.4 Å². The Hall–Kier alpha value is -1.36. The van der Waals surface area contributed by atoms with Crippen molar-refractivity contribution >= 4 is 17.2 Å². The highest BCUT2D eigenvalue weighted by molar-refractivity contribution is 7.09. The van der Waals surface area contributed by atoms with E-state index < -0.39 is 0 Å². The first-order chi connectivity index (χ1) is 5.84. The molecule has 0 aromatic carbocycles. The van der Waals surface area contributed by atoms with Crippen LogP contribution < -0.4 is 5.73 Å². The Morgan fingerprint density at radius 3 is 3.08 bits per heavy atom. The summed E-state index contributed by atoms with van der Waals surface area (Å²) in [5, 5.41) is 9.98. The van der Waals surface area contributed by atoms with Crippen LogP contribution in [-0.4, -0.2) is 15.0 Å². The van der Waals surface area contributed by atoms with E-state index in [0.29, 0.717) is 12.4 Å². The average Bonchev–Trinajstić information content (AvgIpc) is 2.63. The van der Waals surface area contributed by atoms with Crippen molar-refractivity contribution in [2.75, 3.05) is 5.73 Å². The summed E-state index contributed by atoms with van der Waals surface area (Å²) in [5.74, 6) is 0.464. The second-order valence-electron chi connectivity index (χ2n) is 2.38.